The maximum Gasteiger partial charge on any atom is 0.416 e. The van der Waals surface area contributed by atoms with Gasteiger partial charge in [-0.25, -0.2) is 0 Å². The van der Waals surface area contributed by atoms with Gasteiger partial charge in [-0.15, -0.1) is 0 Å². The Balaban J connectivity index is 1.81. The van der Waals surface area contributed by atoms with Gasteiger partial charge in [0.2, 0.25) is 0 Å². The molecule has 0 bridgehead atoms. The fourth-order valence-electron chi connectivity index (χ4n) is 4.02. The zero-order chi connectivity index (χ0) is 24.5. The number of aryl methyl sites for hydroxylation is 1. The highest BCUT2D eigenvalue weighted by Crippen LogP contribution is 2.40. The van der Waals surface area contributed by atoms with E-state index in [4.69, 9.17) is 0 Å². The molecular formula is C26H21F3N2O3. The van der Waals surface area contributed by atoms with Crippen molar-refractivity contribution in [3.05, 3.63) is 106 Å². The summed E-state index contributed by atoms with van der Waals surface area (Å²) in [6.45, 7) is 1.73. The maximum atomic E-state index is 13.2. The van der Waals surface area contributed by atoms with E-state index in [9.17, 15) is 27.9 Å². The van der Waals surface area contributed by atoms with E-state index in [1.54, 1.807) is 24.3 Å². The van der Waals surface area contributed by atoms with E-state index in [1.807, 2.05) is 19.1 Å². The Labute approximate surface area is 194 Å². The van der Waals surface area contributed by atoms with E-state index in [0.717, 1.165) is 24.1 Å². The summed E-state index contributed by atoms with van der Waals surface area (Å²) in [6.07, 6.45) is -0.773. The molecule has 0 radical (unpaired) electrons. The summed E-state index contributed by atoms with van der Waals surface area (Å²) < 4.78 is 39.6. The summed E-state index contributed by atoms with van der Waals surface area (Å²) in [7, 11) is 0. The predicted octanol–water partition coefficient (Wildman–Crippen LogP) is 5.28. The van der Waals surface area contributed by atoms with Crippen LogP contribution >= 0.6 is 0 Å². The van der Waals surface area contributed by atoms with Crippen LogP contribution in [0.2, 0.25) is 0 Å². The molecule has 8 heteroatoms. The van der Waals surface area contributed by atoms with Crippen LogP contribution < -0.4 is 0 Å². The average Bonchev–Trinajstić information content (AvgIpc) is 3.09. The van der Waals surface area contributed by atoms with Gasteiger partial charge in [-0.1, -0.05) is 49.4 Å². The number of hydrogen-bond acceptors (Lipinski definition) is 4. The molecule has 34 heavy (non-hydrogen) atoms. The Morgan fingerprint density at radius 1 is 1.03 bits per heavy atom. The normalized spacial score (nSPS) is 17.9. The Morgan fingerprint density at radius 2 is 1.76 bits per heavy atom. The molecule has 1 atom stereocenters. The molecule has 1 N–H and O–H groups in total. The molecule has 5 nitrogen and oxygen atoms in total. The standard InChI is InChI=1S/C26H21F3N2O3/c1-2-16-8-10-18(11-9-16)23(32)21-22(19-6-4-12-30-14-19)31(25(34)24(21)33)15-17-5-3-7-20(13-17)26(27,28)29/h3-14,22,32H,2,15H2,1H3/b23-21+. The number of benzene rings is 2. The molecule has 0 aliphatic carbocycles. The highest BCUT2D eigenvalue weighted by molar-refractivity contribution is 6.46. The van der Waals surface area contributed by atoms with Crippen molar-refractivity contribution in [3.63, 3.8) is 0 Å². The van der Waals surface area contributed by atoms with Gasteiger partial charge in [0.05, 0.1) is 17.2 Å². The lowest BCUT2D eigenvalue weighted by molar-refractivity contribution is -0.140. The number of ketones is 1. The van der Waals surface area contributed by atoms with Crippen molar-refractivity contribution < 1.29 is 27.9 Å². The SMILES string of the molecule is CCc1ccc(/C(O)=C2\C(=O)C(=O)N(Cc3cccc(C(F)(F)F)c3)C2c2cccnc2)cc1. The zero-order valence-electron chi connectivity index (χ0n) is 18.2. The number of aliphatic hydroxyl groups is 1. The highest BCUT2D eigenvalue weighted by Gasteiger charge is 2.46. The minimum absolute atomic E-state index is 0.130. The van der Waals surface area contributed by atoms with Crippen molar-refractivity contribution >= 4 is 17.4 Å². The third-order valence-electron chi connectivity index (χ3n) is 5.78. The molecule has 1 aliphatic rings. The minimum atomic E-state index is -4.54. The van der Waals surface area contributed by atoms with Crippen LogP contribution in [0.15, 0.2) is 78.6 Å². The summed E-state index contributed by atoms with van der Waals surface area (Å²) >= 11 is 0. The lowest BCUT2D eigenvalue weighted by Gasteiger charge is -2.25. The summed E-state index contributed by atoms with van der Waals surface area (Å²) in [6, 6.07) is 13.8. The molecule has 1 saturated heterocycles. The van der Waals surface area contributed by atoms with E-state index >= 15 is 0 Å². The Hall–Kier alpha value is -3.94. The molecule has 1 aliphatic heterocycles. The van der Waals surface area contributed by atoms with Gasteiger partial charge in [0.25, 0.3) is 11.7 Å². The highest BCUT2D eigenvalue weighted by atomic mass is 19.4. The first kappa shape index (κ1) is 23.2. The van der Waals surface area contributed by atoms with Crippen LogP contribution in [0.3, 0.4) is 0 Å². The largest absolute Gasteiger partial charge is 0.507 e. The summed E-state index contributed by atoms with van der Waals surface area (Å²) in [5.41, 5.74) is 1.08. The van der Waals surface area contributed by atoms with Gasteiger partial charge in [-0.2, -0.15) is 13.2 Å². The summed E-state index contributed by atoms with van der Waals surface area (Å²) in [4.78, 5) is 31.3. The molecular weight excluding hydrogens is 445 g/mol. The van der Waals surface area contributed by atoms with Crippen LogP contribution in [-0.2, 0) is 28.7 Å². The fourth-order valence-corrected chi connectivity index (χ4v) is 4.02. The molecule has 174 valence electrons. The molecule has 1 aromatic heterocycles. The molecule has 1 unspecified atom stereocenters. The number of halogens is 3. The third kappa shape index (κ3) is 4.44. The van der Waals surface area contributed by atoms with E-state index < -0.39 is 29.5 Å². The maximum absolute atomic E-state index is 13.2. The molecule has 4 rings (SSSR count). The lowest BCUT2D eigenvalue weighted by atomic mass is 9.95. The molecule has 1 amide bonds. The van der Waals surface area contributed by atoms with Crippen molar-refractivity contribution in [2.45, 2.75) is 32.1 Å². The number of carbonyl (C=O) groups is 2. The van der Waals surface area contributed by atoms with Crippen LogP contribution in [0.25, 0.3) is 5.76 Å². The predicted molar refractivity (Wildman–Crippen MR) is 119 cm³/mol. The number of aromatic nitrogens is 1. The van der Waals surface area contributed by atoms with Crippen LogP contribution in [0.1, 0.15) is 40.8 Å². The molecule has 3 aromatic rings. The fraction of sp³-hybridized carbons (Fsp3) is 0.192. The van der Waals surface area contributed by atoms with Gasteiger partial charge < -0.3 is 10.0 Å². The molecule has 0 saturated carbocycles. The van der Waals surface area contributed by atoms with Crippen molar-refractivity contribution in [2.75, 3.05) is 0 Å². The van der Waals surface area contributed by atoms with E-state index in [0.29, 0.717) is 11.1 Å². The topological polar surface area (TPSA) is 70.5 Å². The van der Waals surface area contributed by atoms with Gasteiger partial charge in [0.15, 0.2) is 0 Å². The second-order valence-electron chi connectivity index (χ2n) is 7.96. The lowest BCUT2D eigenvalue weighted by Crippen LogP contribution is -2.29. The number of Topliss-reactive ketones (excluding diaryl/α,β-unsaturated/α-hetero) is 1. The van der Waals surface area contributed by atoms with Gasteiger partial charge in [-0.3, -0.25) is 14.6 Å². The quantitative estimate of drug-likeness (QED) is 0.315. The van der Waals surface area contributed by atoms with E-state index in [2.05, 4.69) is 4.98 Å². The summed E-state index contributed by atoms with van der Waals surface area (Å²) in [5, 5.41) is 11.0. The van der Waals surface area contributed by atoms with Crippen LogP contribution in [0.5, 0.6) is 0 Å². The van der Waals surface area contributed by atoms with Crippen LogP contribution in [-0.4, -0.2) is 26.7 Å². The monoisotopic (exact) mass is 466 g/mol. The number of aliphatic hydroxyl groups excluding tert-OH is 1. The number of carbonyl (C=O) groups excluding carboxylic acids is 2. The van der Waals surface area contributed by atoms with Crippen molar-refractivity contribution in [2.24, 2.45) is 0 Å². The Kier molecular flexibility index (Phi) is 6.24. The average molecular weight is 466 g/mol. The van der Waals surface area contributed by atoms with Crippen molar-refractivity contribution in [3.8, 4) is 0 Å². The van der Waals surface area contributed by atoms with Crippen LogP contribution in [0, 0.1) is 0 Å². The second kappa shape index (κ2) is 9.13. The summed E-state index contributed by atoms with van der Waals surface area (Å²) in [5.74, 6) is -2.16. The Bertz CT molecular complexity index is 1250. The smallest absolute Gasteiger partial charge is 0.416 e. The number of nitrogens with zero attached hydrogens (tertiary/aromatic N) is 2. The Morgan fingerprint density at radius 3 is 2.38 bits per heavy atom. The van der Waals surface area contributed by atoms with Gasteiger partial charge in [-0.05, 0) is 41.3 Å². The van der Waals surface area contributed by atoms with Gasteiger partial charge >= 0.3 is 6.18 Å². The van der Waals surface area contributed by atoms with E-state index in [-0.39, 0.29) is 23.4 Å². The van der Waals surface area contributed by atoms with Gasteiger partial charge in [0, 0.05) is 24.5 Å². The van der Waals surface area contributed by atoms with Crippen molar-refractivity contribution in [1.82, 2.24) is 9.88 Å². The van der Waals surface area contributed by atoms with Crippen molar-refractivity contribution in [1.29, 1.82) is 0 Å². The molecule has 2 aromatic carbocycles. The third-order valence-corrected chi connectivity index (χ3v) is 5.78. The first-order chi connectivity index (χ1) is 16.2. The molecule has 1 fully saturated rings. The number of hydrogen-bond donors (Lipinski definition) is 1. The molecule has 2 heterocycles. The minimum Gasteiger partial charge on any atom is -0.507 e. The first-order valence-electron chi connectivity index (χ1n) is 10.6. The van der Waals surface area contributed by atoms with Crippen LogP contribution in [0.4, 0.5) is 13.2 Å². The number of alkyl halides is 3. The number of rotatable bonds is 5. The van der Waals surface area contributed by atoms with Gasteiger partial charge in [0.1, 0.15) is 5.76 Å². The van der Waals surface area contributed by atoms with E-state index in [1.165, 1.54) is 29.4 Å². The zero-order valence-corrected chi connectivity index (χ0v) is 18.2. The first-order valence-corrected chi connectivity index (χ1v) is 10.6. The molecule has 0 spiro atoms. The second-order valence-corrected chi connectivity index (χ2v) is 7.96. The number of likely N-dealkylation sites (tertiary alicyclic amines) is 1. The number of amides is 1. The number of pyridine rings is 1.